The molecule has 156 valence electrons. The zero-order valence-electron chi connectivity index (χ0n) is 17.2. The Kier molecular flexibility index (Phi) is 6.37. The molecule has 2 aliphatic heterocycles. The topological polar surface area (TPSA) is 45.2 Å². The van der Waals surface area contributed by atoms with Crippen molar-refractivity contribution >= 4 is 17.2 Å². The highest BCUT2D eigenvalue weighted by Gasteiger charge is 2.25. The number of methoxy groups -OCH3 is 2. The van der Waals surface area contributed by atoms with Crippen LogP contribution in [0.25, 0.3) is 0 Å². The first kappa shape index (κ1) is 20.2. The standard InChI is InChI=1S/C22H29N3O3S/c1-27-19-4-3-17(13-20(19)28-2)14-23-8-10-24(11-9-23)16-22(26)25-7-5-21-18(15-25)6-12-29-21/h3-4,6,12-13H,5,7-11,14-16H2,1-2H3. The Bertz CT molecular complexity index is 846. The van der Waals surface area contributed by atoms with Crippen molar-refractivity contribution in [3.05, 3.63) is 45.6 Å². The third kappa shape index (κ3) is 4.74. The van der Waals surface area contributed by atoms with Gasteiger partial charge >= 0.3 is 0 Å². The maximum absolute atomic E-state index is 12.7. The molecule has 1 fully saturated rings. The first-order chi connectivity index (χ1) is 14.2. The quantitative estimate of drug-likeness (QED) is 0.725. The van der Waals surface area contributed by atoms with Gasteiger partial charge in [0.2, 0.25) is 5.91 Å². The summed E-state index contributed by atoms with van der Waals surface area (Å²) >= 11 is 1.81. The zero-order valence-corrected chi connectivity index (χ0v) is 18.0. The molecule has 29 heavy (non-hydrogen) atoms. The molecule has 4 rings (SSSR count). The van der Waals surface area contributed by atoms with E-state index in [0.29, 0.717) is 6.54 Å². The van der Waals surface area contributed by atoms with Gasteiger partial charge in [-0.25, -0.2) is 0 Å². The Labute approximate surface area is 176 Å². The van der Waals surface area contributed by atoms with Crippen molar-refractivity contribution in [3.63, 3.8) is 0 Å². The van der Waals surface area contributed by atoms with Gasteiger partial charge in [-0.1, -0.05) is 6.07 Å². The van der Waals surface area contributed by atoms with E-state index >= 15 is 0 Å². The first-order valence-electron chi connectivity index (χ1n) is 10.1. The average molecular weight is 416 g/mol. The van der Waals surface area contributed by atoms with Gasteiger partial charge in [-0.05, 0) is 41.1 Å². The van der Waals surface area contributed by atoms with Gasteiger partial charge in [-0.3, -0.25) is 14.6 Å². The molecule has 7 heteroatoms. The fourth-order valence-corrected chi connectivity index (χ4v) is 4.99. The van der Waals surface area contributed by atoms with E-state index in [4.69, 9.17) is 9.47 Å². The fourth-order valence-electron chi connectivity index (χ4n) is 4.10. The number of rotatable bonds is 6. The Morgan fingerprint density at radius 2 is 1.76 bits per heavy atom. The van der Waals surface area contributed by atoms with E-state index in [1.807, 2.05) is 28.4 Å². The second-order valence-electron chi connectivity index (χ2n) is 7.68. The number of carbonyl (C=O) groups excluding carboxylic acids is 1. The van der Waals surface area contributed by atoms with E-state index in [0.717, 1.165) is 63.7 Å². The van der Waals surface area contributed by atoms with E-state index in [9.17, 15) is 4.79 Å². The molecule has 0 saturated carbocycles. The molecule has 0 radical (unpaired) electrons. The van der Waals surface area contributed by atoms with E-state index < -0.39 is 0 Å². The summed E-state index contributed by atoms with van der Waals surface area (Å²) in [6.07, 6.45) is 0.998. The molecule has 0 aliphatic carbocycles. The SMILES string of the molecule is COc1ccc(CN2CCN(CC(=O)N3CCc4sccc4C3)CC2)cc1OC. The van der Waals surface area contributed by atoms with Crippen LogP contribution in [-0.4, -0.2) is 74.1 Å². The third-order valence-corrected chi connectivity index (χ3v) is 6.86. The fraction of sp³-hybridized carbons (Fsp3) is 0.500. The second-order valence-corrected chi connectivity index (χ2v) is 8.68. The molecule has 6 nitrogen and oxygen atoms in total. The van der Waals surface area contributed by atoms with Crippen LogP contribution >= 0.6 is 11.3 Å². The highest BCUT2D eigenvalue weighted by atomic mass is 32.1. The molecule has 1 amide bonds. The highest BCUT2D eigenvalue weighted by Crippen LogP contribution is 2.28. The van der Waals surface area contributed by atoms with Crippen molar-refractivity contribution in [2.24, 2.45) is 0 Å². The zero-order chi connectivity index (χ0) is 20.2. The van der Waals surface area contributed by atoms with E-state index in [1.165, 1.54) is 16.0 Å². The molecule has 3 heterocycles. The van der Waals surface area contributed by atoms with Crippen molar-refractivity contribution in [3.8, 4) is 11.5 Å². The molecule has 0 unspecified atom stereocenters. The minimum atomic E-state index is 0.259. The van der Waals surface area contributed by atoms with Gasteiger partial charge < -0.3 is 14.4 Å². The summed E-state index contributed by atoms with van der Waals surface area (Å²) < 4.78 is 10.7. The molecular weight excluding hydrogens is 386 g/mol. The van der Waals surface area contributed by atoms with Gasteiger partial charge in [-0.2, -0.15) is 0 Å². The Balaban J connectivity index is 1.25. The predicted molar refractivity (Wildman–Crippen MR) is 115 cm³/mol. The summed E-state index contributed by atoms with van der Waals surface area (Å²) in [5, 5.41) is 2.14. The summed E-state index contributed by atoms with van der Waals surface area (Å²) in [5.74, 6) is 1.78. The lowest BCUT2D eigenvalue weighted by atomic mass is 10.1. The first-order valence-corrected chi connectivity index (χ1v) is 11.0. The number of hydrogen-bond acceptors (Lipinski definition) is 6. The van der Waals surface area contributed by atoms with Crippen LogP contribution in [-0.2, 0) is 24.3 Å². The molecule has 2 aromatic rings. The van der Waals surface area contributed by atoms with Crippen molar-refractivity contribution in [1.29, 1.82) is 0 Å². The molecule has 1 aromatic carbocycles. The maximum Gasteiger partial charge on any atom is 0.237 e. The summed E-state index contributed by atoms with van der Waals surface area (Å²) in [4.78, 5) is 20.9. The summed E-state index contributed by atoms with van der Waals surface area (Å²) in [7, 11) is 3.32. The smallest absolute Gasteiger partial charge is 0.237 e. The third-order valence-electron chi connectivity index (χ3n) is 5.84. The predicted octanol–water partition coefficient (Wildman–Crippen LogP) is 2.47. The van der Waals surface area contributed by atoms with Crippen LogP contribution in [0, 0.1) is 0 Å². The van der Waals surface area contributed by atoms with Crippen LogP contribution in [0.1, 0.15) is 16.0 Å². The van der Waals surface area contributed by atoms with Gasteiger partial charge in [0.15, 0.2) is 11.5 Å². The van der Waals surface area contributed by atoms with Gasteiger partial charge in [0.25, 0.3) is 0 Å². The molecule has 2 aliphatic rings. The van der Waals surface area contributed by atoms with Gasteiger partial charge in [-0.15, -0.1) is 11.3 Å². The highest BCUT2D eigenvalue weighted by molar-refractivity contribution is 7.10. The number of fused-ring (bicyclic) bond motifs is 1. The lowest BCUT2D eigenvalue weighted by Crippen LogP contribution is -2.50. The normalized spacial score (nSPS) is 17.8. The van der Waals surface area contributed by atoms with E-state index in [-0.39, 0.29) is 5.91 Å². The number of amides is 1. The number of nitrogens with zero attached hydrogens (tertiary/aromatic N) is 3. The minimum Gasteiger partial charge on any atom is -0.493 e. The molecule has 0 bridgehead atoms. The number of piperazine rings is 1. The van der Waals surface area contributed by atoms with Crippen LogP contribution in [0.2, 0.25) is 0 Å². The average Bonchev–Trinajstić information content (AvgIpc) is 3.23. The summed E-state index contributed by atoms with van der Waals surface area (Å²) in [6, 6.07) is 8.25. The lowest BCUT2D eigenvalue weighted by Gasteiger charge is -2.36. The molecular formula is C22H29N3O3S. The van der Waals surface area contributed by atoms with Crippen LogP contribution in [0.5, 0.6) is 11.5 Å². The largest absolute Gasteiger partial charge is 0.493 e. The second kappa shape index (κ2) is 9.15. The van der Waals surface area contributed by atoms with Crippen molar-refractivity contribution < 1.29 is 14.3 Å². The molecule has 0 spiro atoms. The van der Waals surface area contributed by atoms with Crippen molar-refractivity contribution in [2.75, 3.05) is 53.5 Å². The monoisotopic (exact) mass is 415 g/mol. The van der Waals surface area contributed by atoms with E-state index in [2.05, 4.69) is 27.3 Å². The van der Waals surface area contributed by atoms with Gasteiger partial charge in [0.1, 0.15) is 0 Å². The van der Waals surface area contributed by atoms with Crippen molar-refractivity contribution in [2.45, 2.75) is 19.5 Å². The van der Waals surface area contributed by atoms with Crippen LogP contribution in [0.3, 0.4) is 0 Å². The van der Waals surface area contributed by atoms with Crippen molar-refractivity contribution in [1.82, 2.24) is 14.7 Å². The van der Waals surface area contributed by atoms with E-state index in [1.54, 1.807) is 14.2 Å². The molecule has 1 saturated heterocycles. The van der Waals surface area contributed by atoms with Gasteiger partial charge in [0, 0.05) is 50.7 Å². The lowest BCUT2D eigenvalue weighted by molar-refractivity contribution is -0.133. The molecule has 0 N–H and O–H groups in total. The number of ether oxygens (including phenoxy) is 2. The number of benzene rings is 1. The Morgan fingerprint density at radius 3 is 2.52 bits per heavy atom. The van der Waals surface area contributed by atoms with Crippen LogP contribution in [0.15, 0.2) is 29.6 Å². The van der Waals surface area contributed by atoms with Gasteiger partial charge in [0.05, 0.1) is 20.8 Å². The van der Waals surface area contributed by atoms with Crippen LogP contribution in [0.4, 0.5) is 0 Å². The Morgan fingerprint density at radius 1 is 1.00 bits per heavy atom. The summed E-state index contributed by atoms with van der Waals surface area (Å²) in [5.41, 5.74) is 2.54. The molecule has 1 aromatic heterocycles. The maximum atomic E-state index is 12.7. The van der Waals surface area contributed by atoms with Crippen LogP contribution < -0.4 is 9.47 Å². The number of thiophene rings is 1. The summed E-state index contributed by atoms with van der Waals surface area (Å²) in [6.45, 7) is 6.83. The molecule has 0 atom stereocenters. The number of carbonyl (C=O) groups is 1. The minimum absolute atomic E-state index is 0.259. The number of hydrogen-bond donors (Lipinski definition) is 0. The Hall–Kier alpha value is -2.09.